The molecular formula is C7H13N3O. The zero-order chi connectivity index (χ0) is 8.43. The summed E-state index contributed by atoms with van der Waals surface area (Å²) in [7, 11) is 0. The average molecular weight is 155 g/mol. The maximum Gasteiger partial charge on any atom is 0.251 e. The Morgan fingerprint density at radius 1 is 1.82 bits per heavy atom. The van der Waals surface area contributed by atoms with Gasteiger partial charge in [0, 0.05) is 0 Å². The fourth-order valence-electron chi connectivity index (χ4n) is 1.05. The molecule has 0 fully saturated rings. The van der Waals surface area contributed by atoms with Crippen molar-refractivity contribution in [3.8, 4) is 0 Å². The number of nitrogens with two attached hydrogens (primary N) is 1. The van der Waals surface area contributed by atoms with E-state index < -0.39 is 0 Å². The molecule has 4 heteroatoms. The summed E-state index contributed by atoms with van der Waals surface area (Å²) in [5.41, 5.74) is 5.33. The number of aliphatic imine (C=N–C) groups is 1. The highest BCUT2D eigenvalue weighted by molar-refractivity contribution is 6.04. The molecule has 0 radical (unpaired) electrons. The normalized spacial score (nSPS) is 26.2. The number of hydrogen-bond acceptors (Lipinski definition) is 3. The zero-order valence-corrected chi connectivity index (χ0v) is 6.79. The molecule has 2 atom stereocenters. The highest BCUT2D eigenvalue weighted by Gasteiger charge is 2.28. The van der Waals surface area contributed by atoms with Crippen molar-refractivity contribution in [1.29, 1.82) is 0 Å². The number of rotatable bonds is 2. The molecule has 3 N–H and O–H groups in total. The Morgan fingerprint density at radius 3 is 2.82 bits per heavy atom. The summed E-state index contributed by atoms with van der Waals surface area (Å²) in [4.78, 5) is 15.1. The van der Waals surface area contributed by atoms with Crippen molar-refractivity contribution >= 4 is 11.9 Å². The zero-order valence-electron chi connectivity index (χ0n) is 6.79. The second-order valence-corrected chi connectivity index (χ2v) is 2.83. The molecule has 1 rings (SSSR count). The van der Waals surface area contributed by atoms with Gasteiger partial charge in [-0.3, -0.25) is 10.1 Å². The lowest BCUT2D eigenvalue weighted by molar-refractivity contribution is -0.121. The third kappa shape index (κ3) is 1.50. The highest BCUT2D eigenvalue weighted by Crippen LogP contribution is 2.13. The van der Waals surface area contributed by atoms with Gasteiger partial charge < -0.3 is 5.73 Å². The fourth-order valence-corrected chi connectivity index (χ4v) is 1.05. The summed E-state index contributed by atoms with van der Waals surface area (Å²) in [6.07, 6.45) is 0.939. The third-order valence-electron chi connectivity index (χ3n) is 1.98. The molecule has 0 saturated heterocycles. The van der Waals surface area contributed by atoms with Crippen LogP contribution in [0.25, 0.3) is 0 Å². The lowest BCUT2D eigenvalue weighted by Crippen LogP contribution is -2.34. The molecule has 62 valence electrons. The van der Waals surface area contributed by atoms with E-state index in [1.807, 2.05) is 13.8 Å². The van der Waals surface area contributed by atoms with Crippen LogP contribution in [0.3, 0.4) is 0 Å². The van der Waals surface area contributed by atoms with Crippen LogP contribution in [0, 0.1) is 5.92 Å². The summed E-state index contributed by atoms with van der Waals surface area (Å²) >= 11 is 0. The van der Waals surface area contributed by atoms with Crippen molar-refractivity contribution in [3.05, 3.63) is 0 Å². The molecular weight excluding hydrogens is 142 g/mol. The Hall–Kier alpha value is -1.06. The first-order valence-corrected chi connectivity index (χ1v) is 3.79. The minimum absolute atomic E-state index is 0.0724. The minimum atomic E-state index is -0.264. The van der Waals surface area contributed by atoms with Crippen LogP contribution >= 0.6 is 0 Å². The largest absolute Gasteiger partial charge is 0.370 e. The van der Waals surface area contributed by atoms with Crippen LogP contribution in [0.2, 0.25) is 0 Å². The van der Waals surface area contributed by atoms with Gasteiger partial charge in [-0.15, -0.1) is 0 Å². The molecule has 1 aliphatic heterocycles. The van der Waals surface area contributed by atoms with Crippen molar-refractivity contribution in [1.82, 2.24) is 5.32 Å². The molecule has 0 saturated carbocycles. The number of hydrogen-bond donors (Lipinski definition) is 2. The molecule has 11 heavy (non-hydrogen) atoms. The van der Waals surface area contributed by atoms with Crippen molar-refractivity contribution in [2.45, 2.75) is 26.3 Å². The van der Waals surface area contributed by atoms with Crippen molar-refractivity contribution < 1.29 is 4.79 Å². The molecule has 0 spiro atoms. The first-order valence-electron chi connectivity index (χ1n) is 3.79. The second-order valence-electron chi connectivity index (χ2n) is 2.83. The lowest BCUT2D eigenvalue weighted by Gasteiger charge is -2.10. The van der Waals surface area contributed by atoms with Gasteiger partial charge in [-0.2, -0.15) is 0 Å². The molecule has 0 unspecified atom stereocenters. The third-order valence-corrected chi connectivity index (χ3v) is 1.98. The standard InChI is InChI=1S/C7H13N3O/c1-3-4(2)5-6(11)10-7(8)9-5/h4-5H,3H2,1-2H3,(H3,8,9,10,11)/t4-,5-/m1/s1. The van der Waals surface area contributed by atoms with Crippen LogP contribution in [0.5, 0.6) is 0 Å². The summed E-state index contributed by atoms with van der Waals surface area (Å²) in [5.74, 6) is 0.452. The van der Waals surface area contributed by atoms with Gasteiger partial charge in [0.25, 0.3) is 5.91 Å². The van der Waals surface area contributed by atoms with E-state index in [2.05, 4.69) is 10.3 Å². The maximum absolute atomic E-state index is 11.1. The molecule has 4 nitrogen and oxygen atoms in total. The van der Waals surface area contributed by atoms with E-state index in [9.17, 15) is 4.79 Å². The van der Waals surface area contributed by atoms with Crippen molar-refractivity contribution in [2.24, 2.45) is 16.6 Å². The molecule has 0 bridgehead atoms. The summed E-state index contributed by atoms with van der Waals surface area (Å²) < 4.78 is 0. The number of nitrogens with one attached hydrogen (secondary N) is 1. The Bertz CT molecular complexity index is 200. The summed E-state index contributed by atoms with van der Waals surface area (Å²) in [6, 6.07) is -0.264. The van der Waals surface area contributed by atoms with Crippen LogP contribution in [-0.4, -0.2) is 17.9 Å². The minimum Gasteiger partial charge on any atom is -0.370 e. The van der Waals surface area contributed by atoms with Crippen LogP contribution in [0.15, 0.2) is 4.99 Å². The number of amides is 1. The number of guanidine groups is 1. The summed E-state index contributed by atoms with van der Waals surface area (Å²) in [5, 5.41) is 2.47. The van der Waals surface area contributed by atoms with Gasteiger partial charge in [0.2, 0.25) is 0 Å². The quantitative estimate of drug-likeness (QED) is 0.582. The number of carbonyl (C=O) groups excluding carboxylic acids is 1. The molecule has 0 aliphatic carbocycles. The molecule has 1 heterocycles. The molecule has 0 aromatic rings. The Kier molecular flexibility index (Phi) is 2.12. The second kappa shape index (κ2) is 2.90. The van der Waals surface area contributed by atoms with E-state index >= 15 is 0 Å². The number of carbonyl (C=O) groups is 1. The monoisotopic (exact) mass is 155 g/mol. The van der Waals surface area contributed by atoms with Crippen LogP contribution < -0.4 is 11.1 Å². The predicted molar refractivity (Wildman–Crippen MR) is 43.0 cm³/mol. The Morgan fingerprint density at radius 2 is 2.45 bits per heavy atom. The molecule has 1 aliphatic rings. The van der Waals surface area contributed by atoms with Gasteiger partial charge in [-0.1, -0.05) is 20.3 Å². The SMILES string of the molecule is CC[C@@H](C)[C@H]1N=C(N)NC1=O. The van der Waals surface area contributed by atoms with Gasteiger partial charge >= 0.3 is 0 Å². The predicted octanol–water partition coefficient (Wildman–Crippen LogP) is -0.154. The highest BCUT2D eigenvalue weighted by atomic mass is 16.2. The Balaban J connectivity index is 2.65. The van der Waals surface area contributed by atoms with Gasteiger partial charge in [0.05, 0.1) is 0 Å². The average Bonchev–Trinajstić information content (AvgIpc) is 2.28. The topological polar surface area (TPSA) is 67.5 Å². The van der Waals surface area contributed by atoms with E-state index in [4.69, 9.17) is 5.73 Å². The van der Waals surface area contributed by atoms with Crippen molar-refractivity contribution in [2.75, 3.05) is 0 Å². The van der Waals surface area contributed by atoms with Crippen LogP contribution in [-0.2, 0) is 4.79 Å². The number of nitrogens with zero attached hydrogens (tertiary/aromatic N) is 1. The van der Waals surface area contributed by atoms with E-state index in [0.717, 1.165) is 6.42 Å². The van der Waals surface area contributed by atoms with Gasteiger partial charge in [0.15, 0.2) is 5.96 Å². The van der Waals surface area contributed by atoms with E-state index in [-0.39, 0.29) is 23.8 Å². The van der Waals surface area contributed by atoms with E-state index in [1.165, 1.54) is 0 Å². The van der Waals surface area contributed by atoms with Gasteiger partial charge in [-0.05, 0) is 5.92 Å². The first-order chi connectivity index (χ1) is 5.15. The Labute approximate surface area is 65.9 Å². The lowest BCUT2D eigenvalue weighted by atomic mass is 10.00. The molecule has 0 aromatic heterocycles. The van der Waals surface area contributed by atoms with Crippen LogP contribution in [0.1, 0.15) is 20.3 Å². The van der Waals surface area contributed by atoms with Crippen LogP contribution in [0.4, 0.5) is 0 Å². The van der Waals surface area contributed by atoms with E-state index in [0.29, 0.717) is 0 Å². The fraction of sp³-hybridized carbons (Fsp3) is 0.714. The van der Waals surface area contributed by atoms with E-state index in [1.54, 1.807) is 0 Å². The first kappa shape index (κ1) is 8.04. The smallest absolute Gasteiger partial charge is 0.251 e. The maximum atomic E-state index is 11.1. The van der Waals surface area contributed by atoms with Gasteiger partial charge in [-0.25, -0.2) is 4.99 Å². The van der Waals surface area contributed by atoms with Crippen molar-refractivity contribution in [3.63, 3.8) is 0 Å². The summed E-state index contributed by atoms with van der Waals surface area (Å²) in [6.45, 7) is 4.02. The molecule has 1 amide bonds. The van der Waals surface area contributed by atoms with Gasteiger partial charge in [0.1, 0.15) is 6.04 Å². The molecule has 0 aromatic carbocycles.